The van der Waals surface area contributed by atoms with Crippen molar-refractivity contribution in [1.29, 1.82) is 0 Å². The Morgan fingerprint density at radius 1 is 0.975 bits per heavy atom. The van der Waals surface area contributed by atoms with Gasteiger partial charge < -0.3 is 29.2 Å². The number of aliphatic hydroxyl groups is 2. The summed E-state index contributed by atoms with van der Waals surface area (Å²) in [6.45, 7) is 7.13. The van der Waals surface area contributed by atoms with E-state index >= 15 is 0 Å². The van der Waals surface area contributed by atoms with E-state index in [1.54, 1.807) is 62.4 Å². The third-order valence-electron chi connectivity index (χ3n) is 7.29. The zero-order chi connectivity index (χ0) is 29.2. The van der Waals surface area contributed by atoms with Crippen molar-refractivity contribution >= 4 is 11.5 Å². The van der Waals surface area contributed by atoms with Gasteiger partial charge in [-0.1, -0.05) is 26.0 Å². The number of benzene rings is 3. The van der Waals surface area contributed by atoms with Crippen LogP contribution in [0.1, 0.15) is 48.7 Å². The van der Waals surface area contributed by atoms with Crippen molar-refractivity contribution in [3.8, 4) is 23.0 Å². The molecule has 1 aliphatic carbocycles. The van der Waals surface area contributed by atoms with E-state index in [4.69, 9.17) is 18.9 Å². The predicted molar refractivity (Wildman–Crippen MR) is 150 cm³/mol. The zero-order valence-corrected chi connectivity index (χ0v) is 23.6. The quantitative estimate of drug-likeness (QED) is 0.273. The largest absolute Gasteiger partial charge is 0.497 e. The molecular weight excluding hydrogens is 515 g/mol. The van der Waals surface area contributed by atoms with E-state index in [0.717, 1.165) is 5.56 Å². The summed E-state index contributed by atoms with van der Waals surface area (Å²) in [6, 6.07) is 15.7. The second-order valence-corrected chi connectivity index (χ2v) is 10.9. The number of hydrogen-bond donors (Lipinski definition) is 2. The topological polar surface area (TPSA) is 94.5 Å². The first-order valence-corrected chi connectivity index (χ1v) is 12.9. The highest BCUT2D eigenvalue weighted by atomic mass is 19.1. The van der Waals surface area contributed by atoms with Gasteiger partial charge in [-0.15, -0.1) is 0 Å². The van der Waals surface area contributed by atoms with E-state index in [2.05, 4.69) is 0 Å². The Balaban J connectivity index is 1.74. The number of rotatable bonds is 8. The third-order valence-corrected chi connectivity index (χ3v) is 7.29. The van der Waals surface area contributed by atoms with Crippen LogP contribution in [0.15, 0.2) is 66.2 Å². The van der Waals surface area contributed by atoms with Gasteiger partial charge in [-0.3, -0.25) is 0 Å². The molecule has 7 nitrogen and oxygen atoms in total. The number of carbonyl (C=O) groups excluding carboxylic acids is 1. The Labute approximate surface area is 233 Å². The van der Waals surface area contributed by atoms with E-state index in [-0.39, 0.29) is 18.8 Å². The molecule has 0 amide bonds. The number of aliphatic hydroxyl groups excluding tert-OH is 1. The van der Waals surface area contributed by atoms with Crippen LogP contribution in [0.4, 0.5) is 4.39 Å². The fourth-order valence-electron chi connectivity index (χ4n) is 5.23. The van der Waals surface area contributed by atoms with Gasteiger partial charge in [0, 0.05) is 23.3 Å². The van der Waals surface area contributed by atoms with Crippen molar-refractivity contribution < 1.29 is 38.3 Å². The van der Waals surface area contributed by atoms with Crippen LogP contribution >= 0.6 is 0 Å². The normalized spacial score (nSPS) is 20.2. The van der Waals surface area contributed by atoms with Crippen LogP contribution in [-0.4, -0.2) is 48.7 Å². The highest BCUT2D eigenvalue weighted by Gasteiger charge is 2.47. The number of ether oxygens (including phenoxy) is 4. The van der Waals surface area contributed by atoms with Gasteiger partial charge in [-0.05, 0) is 73.2 Å². The molecule has 8 heteroatoms. The minimum Gasteiger partial charge on any atom is -0.497 e. The monoisotopic (exact) mass is 550 g/mol. The molecule has 0 aromatic heterocycles. The summed E-state index contributed by atoms with van der Waals surface area (Å²) in [5, 5.41) is 23.1. The van der Waals surface area contributed by atoms with Crippen molar-refractivity contribution in [1.82, 2.24) is 0 Å². The molecule has 212 valence electrons. The van der Waals surface area contributed by atoms with E-state index < -0.39 is 28.9 Å². The predicted octanol–water partition coefficient (Wildman–Crippen LogP) is 5.74. The van der Waals surface area contributed by atoms with Crippen LogP contribution in [0.5, 0.6) is 23.0 Å². The van der Waals surface area contributed by atoms with E-state index in [9.17, 15) is 19.4 Å². The van der Waals surface area contributed by atoms with Gasteiger partial charge >= 0.3 is 5.97 Å². The Morgan fingerprint density at radius 2 is 1.73 bits per heavy atom. The molecule has 0 fully saturated rings. The highest BCUT2D eigenvalue weighted by Crippen LogP contribution is 2.50. The molecule has 3 aromatic carbocycles. The lowest BCUT2D eigenvalue weighted by molar-refractivity contribution is -0.0159. The third kappa shape index (κ3) is 5.98. The van der Waals surface area contributed by atoms with Crippen LogP contribution in [-0.2, 0) is 0 Å². The first-order chi connectivity index (χ1) is 18.9. The standard InChI is InChI=1S/C32H35FO7/c1-19-10-11-21(33)15-26(19)39-17-25-28(29(34)31(2,3)18-32(25,4)36)24-13-12-23(16-27(24)38-6)40-30(35)20-8-7-9-22(14-20)37-5/h7-16,29,34,36H,17-18H2,1-6H3. The number of aryl methyl sites for hydroxylation is 1. The van der Waals surface area contributed by atoms with E-state index in [0.29, 0.717) is 39.5 Å². The highest BCUT2D eigenvalue weighted by molar-refractivity contribution is 5.91. The number of esters is 1. The smallest absolute Gasteiger partial charge is 0.343 e. The maximum Gasteiger partial charge on any atom is 0.343 e. The van der Waals surface area contributed by atoms with Crippen molar-refractivity contribution in [2.24, 2.45) is 5.41 Å². The second kappa shape index (κ2) is 11.3. The van der Waals surface area contributed by atoms with Gasteiger partial charge in [0.25, 0.3) is 0 Å². The average Bonchev–Trinajstić information content (AvgIpc) is 2.91. The minimum absolute atomic E-state index is 0.0878. The molecule has 40 heavy (non-hydrogen) atoms. The molecular formula is C32H35FO7. The zero-order valence-electron chi connectivity index (χ0n) is 23.6. The molecule has 0 heterocycles. The van der Waals surface area contributed by atoms with Crippen LogP contribution in [0, 0.1) is 18.2 Å². The summed E-state index contributed by atoms with van der Waals surface area (Å²) in [5.41, 5.74) is 0.415. The van der Waals surface area contributed by atoms with E-state index in [1.807, 2.05) is 13.8 Å². The van der Waals surface area contributed by atoms with Crippen molar-refractivity contribution in [2.75, 3.05) is 20.8 Å². The molecule has 0 aliphatic heterocycles. The molecule has 0 spiro atoms. The number of halogens is 1. The molecule has 3 aromatic rings. The van der Waals surface area contributed by atoms with E-state index in [1.165, 1.54) is 26.4 Å². The molecule has 4 rings (SSSR count). The maximum absolute atomic E-state index is 13.9. The van der Waals surface area contributed by atoms with Crippen LogP contribution in [0.2, 0.25) is 0 Å². The van der Waals surface area contributed by atoms with Crippen molar-refractivity contribution in [3.63, 3.8) is 0 Å². The minimum atomic E-state index is -1.35. The first kappa shape index (κ1) is 29.1. The summed E-state index contributed by atoms with van der Waals surface area (Å²) < 4.78 is 36.3. The molecule has 0 saturated carbocycles. The Kier molecular flexibility index (Phi) is 8.23. The molecule has 2 N–H and O–H groups in total. The lowest BCUT2D eigenvalue weighted by atomic mass is 9.64. The lowest BCUT2D eigenvalue weighted by Gasteiger charge is -2.46. The molecule has 0 radical (unpaired) electrons. The molecule has 2 atom stereocenters. The maximum atomic E-state index is 13.9. The second-order valence-electron chi connectivity index (χ2n) is 10.9. The van der Waals surface area contributed by atoms with Gasteiger partial charge in [0.1, 0.15) is 35.4 Å². The first-order valence-electron chi connectivity index (χ1n) is 12.9. The average molecular weight is 551 g/mol. The lowest BCUT2D eigenvalue weighted by Crippen LogP contribution is -2.47. The number of hydrogen-bond acceptors (Lipinski definition) is 7. The number of carbonyl (C=O) groups is 1. The molecule has 0 bridgehead atoms. The van der Waals surface area contributed by atoms with Gasteiger partial charge in [-0.2, -0.15) is 0 Å². The fraction of sp³-hybridized carbons (Fsp3) is 0.344. The fourth-order valence-corrected chi connectivity index (χ4v) is 5.23. The van der Waals surface area contributed by atoms with Gasteiger partial charge in [0.05, 0.1) is 31.5 Å². The van der Waals surface area contributed by atoms with Gasteiger partial charge in [0.15, 0.2) is 0 Å². The summed E-state index contributed by atoms with van der Waals surface area (Å²) in [6.07, 6.45) is -0.719. The van der Waals surface area contributed by atoms with Crippen molar-refractivity contribution in [2.45, 2.75) is 45.8 Å². The summed E-state index contributed by atoms with van der Waals surface area (Å²) in [4.78, 5) is 12.8. The summed E-state index contributed by atoms with van der Waals surface area (Å²) in [7, 11) is 2.98. The summed E-state index contributed by atoms with van der Waals surface area (Å²) >= 11 is 0. The Bertz CT molecular complexity index is 1440. The SMILES string of the molecule is COc1cccc(C(=O)Oc2ccc(C3=C(COc4cc(F)ccc4C)C(C)(O)CC(C)(C)C3O)c(OC)c2)c1. The molecule has 1 aliphatic rings. The summed E-state index contributed by atoms with van der Waals surface area (Å²) in [5.74, 6) is 0.421. The van der Waals surface area contributed by atoms with Crippen molar-refractivity contribution in [3.05, 3.63) is 88.7 Å². The van der Waals surface area contributed by atoms with Crippen LogP contribution < -0.4 is 18.9 Å². The molecule has 0 saturated heterocycles. The Morgan fingerprint density at radius 3 is 2.42 bits per heavy atom. The Hall–Kier alpha value is -3.88. The van der Waals surface area contributed by atoms with Crippen LogP contribution in [0.25, 0.3) is 5.57 Å². The van der Waals surface area contributed by atoms with Gasteiger partial charge in [0.2, 0.25) is 0 Å². The van der Waals surface area contributed by atoms with Crippen LogP contribution in [0.3, 0.4) is 0 Å². The molecule has 2 unspecified atom stereocenters. The van der Waals surface area contributed by atoms with Gasteiger partial charge in [-0.25, -0.2) is 9.18 Å². The number of methoxy groups -OCH3 is 2.